The standard InChI is InChI=1S/C32H38F3NO4/c1-31(2,37)22-30(38-23-26-6-4-3-5-7-26)39-28-16-12-27(13-17-28)36-20-18-25(19-21-36)9-8-24-10-14-29(15-11-24)40-32(33,34)35/h3-7,10-17,25,30,37H,8-9,18-23H2,1-2H3. The topological polar surface area (TPSA) is 51.2 Å². The van der Waals surface area contributed by atoms with E-state index in [0.717, 1.165) is 55.6 Å². The second kappa shape index (κ2) is 13.4. The molecule has 1 aliphatic rings. The summed E-state index contributed by atoms with van der Waals surface area (Å²) in [5.41, 5.74) is 2.26. The number of benzene rings is 3. The lowest BCUT2D eigenvalue weighted by Gasteiger charge is -2.34. The lowest BCUT2D eigenvalue weighted by atomic mass is 9.90. The summed E-state index contributed by atoms with van der Waals surface area (Å²) in [4.78, 5) is 2.36. The van der Waals surface area contributed by atoms with Crippen molar-refractivity contribution >= 4 is 5.69 Å². The van der Waals surface area contributed by atoms with Gasteiger partial charge in [0.15, 0.2) is 0 Å². The van der Waals surface area contributed by atoms with Crippen LogP contribution in [0.3, 0.4) is 0 Å². The van der Waals surface area contributed by atoms with Gasteiger partial charge in [-0.2, -0.15) is 0 Å². The summed E-state index contributed by atoms with van der Waals surface area (Å²) in [7, 11) is 0. The second-order valence-corrected chi connectivity index (χ2v) is 11.0. The minimum absolute atomic E-state index is 0.187. The van der Waals surface area contributed by atoms with E-state index < -0.39 is 18.3 Å². The first-order chi connectivity index (χ1) is 19.0. The lowest BCUT2D eigenvalue weighted by Crippen LogP contribution is -2.33. The molecule has 3 aromatic carbocycles. The van der Waals surface area contributed by atoms with Crippen LogP contribution in [0.4, 0.5) is 18.9 Å². The average molecular weight is 558 g/mol. The van der Waals surface area contributed by atoms with Crippen LogP contribution in [-0.2, 0) is 17.8 Å². The Balaban J connectivity index is 1.23. The molecule has 0 aliphatic carbocycles. The van der Waals surface area contributed by atoms with Crippen molar-refractivity contribution in [3.05, 3.63) is 90.0 Å². The van der Waals surface area contributed by atoms with Crippen molar-refractivity contribution in [2.75, 3.05) is 18.0 Å². The fraction of sp³-hybridized carbons (Fsp3) is 0.438. The van der Waals surface area contributed by atoms with Crippen molar-refractivity contribution in [3.8, 4) is 11.5 Å². The number of ether oxygens (including phenoxy) is 3. The van der Waals surface area contributed by atoms with Gasteiger partial charge in [-0.25, -0.2) is 0 Å². The first-order valence-corrected chi connectivity index (χ1v) is 13.8. The maximum Gasteiger partial charge on any atom is 0.573 e. The fourth-order valence-electron chi connectivity index (χ4n) is 4.90. The van der Waals surface area contributed by atoms with Gasteiger partial charge in [0.2, 0.25) is 6.29 Å². The van der Waals surface area contributed by atoms with Gasteiger partial charge in [0, 0.05) is 25.2 Å². The van der Waals surface area contributed by atoms with E-state index in [-0.39, 0.29) is 5.75 Å². The first-order valence-electron chi connectivity index (χ1n) is 13.8. The molecule has 1 heterocycles. The van der Waals surface area contributed by atoms with Gasteiger partial charge in [-0.15, -0.1) is 13.2 Å². The third kappa shape index (κ3) is 10.1. The van der Waals surface area contributed by atoms with Gasteiger partial charge < -0.3 is 24.2 Å². The van der Waals surface area contributed by atoms with Crippen molar-refractivity contribution in [2.24, 2.45) is 5.92 Å². The molecule has 0 aromatic heterocycles. The molecular formula is C32H38F3NO4. The second-order valence-electron chi connectivity index (χ2n) is 11.0. The summed E-state index contributed by atoms with van der Waals surface area (Å²) in [5, 5.41) is 10.3. The molecule has 1 fully saturated rings. The van der Waals surface area contributed by atoms with Crippen LogP contribution >= 0.6 is 0 Å². The van der Waals surface area contributed by atoms with E-state index in [2.05, 4.69) is 21.8 Å². The lowest BCUT2D eigenvalue weighted by molar-refractivity contribution is -0.274. The number of aliphatic hydroxyl groups is 1. The molecule has 0 saturated carbocycles. The smallest absolute Gasteiger partial charge is 0.465 e. The summed E-state index contributed by atoms with van der Waals surface area (Å²) in [6.45, 7) is 5.78. The van der Waals surface area contributed by atoms with Crippen molar-refractivity contribution < 1.29 is 32.5 Å². The number of halogens is 3. The molecule has 1 unspecified atom stereocenters. The zero-order valence-electron chi connectivity index (χ0n) is 23.1. The molecule has 1 aliphatic heterocycles. The number of rotatable bonds is 12. The summed E-state index contributed by atoms with van der Waals surface area (Å²) in [6.07, 6.45) is -0.953. The molecule has 0 amide bonds. The van der Waals surface area contributed by atoms with Crippen LogP contribution in [0.15, 0.2) is 78.9 Å². The van der Waals surface area contributed by atoms with Crippen LogP contribution in [0.1, 0.15) is 50.7 Å². The molecule has 40 heavy (non-hydrogen) atoms. The highest BCUT2D eigenvalue weighted by Crippen LogP contribution is 2.29. The monoisotopic (exact) mass is 557 g/mol. The Morgan fingerprint density at radius 2 is 1.48 bits per heavy atom. The Hall–Kier alpha value is -3.23. The summed E-state index contributed by atoms with van der Waals surface area (Å²) < 4.78 is 53.1. The molecule has 1 saturated heterocycles. The molecule has 1 atom stereocenters. The highest BCUT2D eigenvalue weighted by Gasteiger charge is 2.31. The van der Waals surface area contributed by atoms with E-state index >= 15 is 0 Å². The van der Waals surface area contributed by atoms with Crippen LogP contribution in [-0.4, -0.2) is 36.4 Å². The molecule has 1 N–H and O–H groups in total. The predicted octanol–water partition coefficient (Wildman–Crippen LogP) is 7.52. The van der Waals surface area contributed by atoms with Gasteiger partial charge in [-0.3, -0.25) is 0 Å². The van der Waals surface area contributed by atoms with Gasteiger partial charge in [0.05, 0.1) is 12.2 Å². The minimum atomic E-state index is -4.67. The van der Waals surface area contributed by atoms with Crippen LogP contribution in [0, 0.1) is 5.92 Å². The maximum atomic E-state index is 12.3. The zero-order valence-corrected chi connectivity index (χ0v) is 23.1. The van der Waals surface area contributed by atoms with Crippen LogP contribution in [0.2, 0.25) is 0 Å². The number of hydrogen-bond acceptors (Lipinski definition) is 5. The average Bonchev–Trinajstić information content (AvgIpc) is 2.91. The van der Waals surface area contributed by atoms with E-state index in [1.165, 1.54) is 12.1 Å². The van der Waals surface area contributed by atoms with Crippen molar-refractivity contribution in [1.82, 2.24) is 0 Å². The molecule has 216 valence electrons. The molecule has 5 nitrogen and oxygen atoms in total. The summed E-state index contributed by atoms with van der Waals surface area (Å²) in [5.74, 6) is 1.08. The van der Waals surface area contributed by atoms with Gasteiger partial charge in [-0.1, -0.05) is 42.5 Å². The van der Waals surface area contributed by atoms with Crippen molar-refractivity contribution in [1.29, 1.82) is 0 Å². The molecule has 0 spiro atoms. The van der Waals surface area contributed by atoms with E-state index in [9.17, 15) is 18.3 Å². The Labute approximate surface area is 234 Å². The summed E-state index contributed by atoms with van der Waals surface area (Å²) in [6, 6.07) is 24.0. The van der Waals surface area contributed by atoms with Gasteiger partial charge in [0.25, 0.3) is 0 Å². The molecule has 0 bridgehead atoms. The molecular weight excluding hydrogens is 519 g/mol. The number of aryl methyl sites for hydroxylation is 1. The quantitative estimate of drug-likeness (QED) is 0.234. The third-order valence-electron chi connectivity index (χ3n) is 7.03. The Bertz CT molecular complexity index is 1150. The normalized spacial score (nSPS) is 15.6. The van der Waals surface area contributed by atoms with Crippen molar-refractivity contribution in [3.63, 3.8) is 0 Å². The summed E-state index contributed by atoms with van der Waals surface area (Å²) >= 11 is 0. The molecule has 4 rings (SSSR count). The zero-order chi connectivity index (χ0) is 28.6. The number of anilines is 1. The Morgan fingerprint density at radius 1 is 0.850 bits per heavy atom. The highest BCUT2D eigenvalue weighted by atomic mass is 19.4. The fourth-order valence-corrected chi connectivity index (χ4v) is 4.90. The number of nitrogens with zero attached hydrogens (tertiary/aromatic N) is 1. The first kappa shape index (κ1) is 29.7. The number of hydrogen-bond donors (Lipinski definition) is 1. The highest BCUT2D eigenvalue weighted by molar-refractivity contribution is 5.49. The van der Waals surface area contributed by atoms with E-state index in [4.69, 9.17) is 9.47 Å². The number of piperidine rings is 1. The molecule has 0 radical (unpaired) electrons. The SMILES string of the molecule is CC(C)(O)CC(OCc1ccccc1)Oc1ccc(N2CCC(CCc3ccc(OC(F)(F)F)cc3)CC2)cc1. The Morgan fingerprint density at radius 3 is 2.08 bits per heavy atom. The molecule has 8 heteroatoms. The van der Waals surface area contributed by atoms with Crippen LogP contribution in [0.25, 0.3) is 0 Å². The van der Waals surface area contributed by atoms with E-state index in [0.29, 0.717) is 24.7 Å². The van der Waals surface area contributed by atoms with Crippen molar-refractivity contribution in [2.45, 2.75) is 70.8 Å². The predicted molar refractivity (Wildman–Crippen MR) is 149 cm³/mol. The minimum Gasteiger partial charge on any atom is -0.465 e. The van der Waals surface area contributed by atoms with E-state index in [1.54, 1.807) is 26.0 Å². The van der Waals surface area contributed by atoms with Gasteiger partial charge >= 0.3 is 6.36 Å². The van der Waals surface area contributed by atoms with E-state index in [1.807, 2.05) is 42.5 Å². The maximum absolute atomic E-state index is 12.3. The Kier molecular flexibility index (Phi) is 9.98. The van der Waals surface area contributed by atoms with Crippen LogP contribution in [0.5, 0.6) is 11.5 Å². The third-order valence-corrected chi connectivity index (χ3v) is 7.03. The van der Waals surface area contributed by atoms with Gasteiger partial charge in [0.1, 0.15) is 11.5 Å². The molecule has 3 aromatic rings. The van der Waals surface area contributed by atoms with Crippen LogP contribution < -0.4 is 14.4 Å². The number of alkyl halides is 3. The largest absolute Gasteiger partial charge is 0.573 e. The van der Waals surface area contributed by atoms with Gasteiger partial charge in [-0.05, 0) is 93.0 Å².